The Kier molecular flexibility index (Phi) is 3.94. The van der Waals surface area contributed by atoms with Crippen molar-refractivity contribution in [2.24, 2.45) is 7.05 Å². The molecule has 3 heteroatoms. The summed E-state index contributed by atoms with van der Waals surface area (Å²) in [6, 6.07) is 10.9. The van der Waals surface area contributed by atoms with Crippen LogP contribution in [0, 0.1) is 5.82 Å². The van der Waals surface area contributed by atoms with Gasteiger partial charge in [-0.25, -0.2) is 4.39 Å². The van der Waals surface area contributed by atoms with E-state index in [1.807, 2.05) is 25.4 Å². The number of benzene rings is 1. The van der Waals surface area contributed by atoms with Crippen LogP contribution in [0.2, 0.25) is 0 Å². The molecule has 0 fully saturated rings. The minimum absolute atomic E-state index is 0.162. The summed E-state index contributed by atoms with van der Waals surface area (Å²) in [7, 11) is 2.03. The molecule has 1 heterocycles. The summed E-state index contributed by atoms with van der Waals surface area (Å²) in [5.74, 6) is -0.162. The molecule has 17 heavy (non-hydrogen) atoms. The number of aryl methyl sites for hydroxylation is 1. The highest BCUT2D eigenvalue weighted by Gasteiger charge is 1.97. The molecule has 0 saturated carbocycles. The number of halogens is 1. The van der Waals surface area contributed by atoms with E-state index in [2.05, 4.69) is 16.0 Å². The Morgan fingerprint density at radius 3 is 2.82 bits per heavy atom. The molecule has 0 bridgehead atoms. The van der Waals surface area contributed by atoms with Crippen LogP contribution in [0.5, 0.6) is 0 Å². The maximum Gasteiger partial charge on any atom is 0.123 e. The monoisotopic (exact) mass is 232 g/mol. The van der Waals surface area contributed by atoms with Crippen LogP contribution in [0.3, 0.4) is 0 Å². The SMILES string of the molecule is Cn1cccc1CNCCc1cccc(F)c1. The van der Waals surface area contributed by atoms with Gasteiger partial charge in [-0.3, -0.25) is 0 Å². The molecule has 0 aliphatic heterocycles. The van der Waals surface area contributed by atoms with Gasteiger partial charge in [0.15, 0.2) is 0 Å². The van der Waals surface area contributed by atoms with E-state index in [1.165, 1.54) is 11.8 Å². The van der Waals surface area contributed by atoms with Gasteiger partial charge in [0.1, 0.15) is 5.82 Å². The molecule has 2 nitrogen and oxygen atoms in total. The maximum atomic E-state index is 12.9. The Labute approximate surface area is 101 Å². The van der Waals surface area contributed by atoms with E-state index in [1.54, 1.807) is 12.1 Å². The number of hydrogen-bond donors (Lipinski definition) is 1. The van der Waals surface area contributed by atoms with E-state index in [4.69, 9.17) is 0 Å². The second kappa shape index (κ2) is 5.64. The molecule has 0 saturated heterocycles. The van der Waals surface area contributed by atoms with Crippen LogP contribution in [0.1, 0.15) is 11.3 Å². The van der Waals surface area contributed by atoms with Crippen LogP contribution in [0.4, 0.5) is 4.39 Å². The van der Waals surface area contributed by atoms with Gasteiger partial charge in [0.2, 0.25) is 0 Å². The normalized spacial score (nSPS) is 10.7. The molecule has 0 aliphatic carbocycles. The first-order valence-corrected chi connectivity index (χ1v) is 5.81. The summed E-state index contributed by atoms with van der Waals surface area (Å²) in [4.78, 5) is 0. The second-order valence-electron chi connectivity index (χ2n) is 4.17. The van der Waals surface area contributed by atoms with Crippen molar-refractivity contribution in [2.45, 2.75) is 13.0 Å². The lowest BCUT2D eigenvalue weighted by Crippen LogP contribution is -2.18. The van der Waals surface area contributed by atoms with Crippen molar-refractivity contribution in [3.8, 4) is 0 Å². The summed E-state index contributed by atoms with van der Waals surface area (Å²) in [6.45, 7) is 1.70. The van der Waals surface area contributed by atoms with Gasteiger partial charge in [-0.15, -0.1) is 0 Å². The molecule has 90 valence electrons. The smallest absolute Gasteiger partial charge is 0.123 e. The van der Waals surface area contributed by atoms with E-state index < -0.39 is 0 Å². The molecule has 0 unspecified atom stereocenters. The highest BCUT2D eigenvalue weighted by atomic mass is 19.1. The van der Waals surface area contributed by atoms with Crippen LogP contribution in [-0.4, -0.2) is 11.1 Å². The van der Waals surface area contributed by atoms with Gasteiger partial charge in [-0.1, -0.05) is 12.1 Å². The zero-order chi connectivity index (χ0) is 12.1. The molecule has 0 radical (unpaired) electrons. The molecule has 1 aromatic heterocycles. The molecule has 0 spiro atoms. The summed E-state index contributed by atoms with van der Waals surface area (Å²) >= 11 is 0. The average molecular weight is 232 g/mol. The van der Waals surface area contributed by atoms with Crippen LogP contribution in [0.15, 0.2) is 42.6 Å². The van der Waals surface area contributed by atoms with Crippen molar-refractivity contribution in [1.29, 1.82) is 0 Å². The third kappa shape index (κ3) is 3.43. The minimum Gasteiger partial charge on any atom is -0.353 e. The zero-order valence-electron chi connectivity index (χ0n) is 9.99. The Bertz CT molecular complexity index is 477. The fraction of sp³-hybridized carbons (Fsp3) is 0.286. The van der Waals surface area contributed by atoms with E-state index in [9.17, 15) is 4.39 Å². The van der Waals surface area contributed by atoms with Gasteiger partial charge < -0.3 is 9.88 Å². The fourth-order valence-corrected chi connectivity index (χ4v) is 1.82. The lowest BCUT2D eigenvalue weighted by molar-refractivity contribution is 0.620. The summed E-state index contributed by atoms with van der Waals surface area (Å²) < 4.78 is 15.0. The first-order valence-electron chi connectivity index (χ1n) is 5.81. The topological polar surface area (TPSA) is 17.0 Å². The van der Waals surface area contributed by atoms with Gasteiger partial charge in [0.25, 0.3) is 0 Å². The van der Waals surface area contributed by atoms with E-state index in [0.29, 0.717) is 0 Å². The molecule has 0 aliphatic rings. The first kappa shape index (κ1) is 11.9. The van der Waals surface area contributed by atoms with Gasteiger partial charge in [0.05, 0.1) is 0 Å². The average Bonchev–Trinajstić information content (AvgIpc) is 2.71. The van der Waals surface area contributed by atoms with E-state index in [0.717, 1.165) is 25.1 Å². The molecular formula is C14H17FN2. The molecule has 0 atom stereocenters. The Morgan fingerprint density at radius 1 is 1.24 bits per heavy atom. The lowest BCUT2D eigenvalue weighted by Gasteiger charge is -2.06. The molecule has 2 aromatic rings. The Morgan fingerprint density at radius 2 is 2.12 bits per heavy atom. The third-order valence-electron chi connectivity index (χ3n) is 2.84. The number of hydrogen-bond acceptors (Lipinski definition) is 1. The van der Waals surface area contributed by atoms with Gasteiger partial charge in [-0.05, 0) is 42.8 Å². The molecule has 0 amide bonds. The van der Waals surface area contributed by atoms with Crippen molar-refractivity contribution in [3.63, 3.8) is 0 Å². The number of nitrogens with one attached hydrogen (secondary N) is 1. The third-order valence-corrected chi connectivity index (χ3v) is 2.84. The highest BCUT2D eigenvalue weighted by molar-refractivity contribution is 5.16. The van der Waals surface area contributed by atoms with Crippen molar-refractivity contribution in [2.75, 3.05) is 6.54 Å². The number of nitrogens with zero attached hydrogens (tertiary/aromatic N) is 1. The van der Waals surface area contributed by atoms with Crippen molar-refractivity contribution >= 4 is 0 Å². The summed E-state index contributed by atoms with van der Waals surface area (Å²) in [6.07, 6.45) is 2.88. The highest BCUT2D eigenvalue weighted by Crippen LogP contribution is 2.04. The Balaban J connectivity index is 1.75. The fourth-order valence-electron chi connectivity index (χ4n) is 1.82. The molecule has 1 aromatic carbocycles. The summed E-state index contributed by atoms with van der Waals surface area (Å²) in [5, 5.41) is 3.35. The van der Waals surface area contributed by atoms with Gasteiger partial charge in [0, 0.05) is 25.5 Å². The lowest BCUT2D eigenvalue weighted by atomic mass is 10.1. The summed E-state index contributed by atoms with van der Waals surface area (Å²) in [5.41, 5.74) is 2.29. The van der Waals surface area contributed by atoms with Crippen LogP contribution in [-0.2, 0) is 20.0 Å². The Hall–Kier alpha value is -1.61. The predicted octanol–water partition coefficient (Wildman–Crippen LogP) is 2.50. The van der Waals surface area contributed by atoms with E-state index >= 15 is 0 Å². The van der Waals surface area contributed by atoms with Gasteiger partial charge >= 0.3 is 0 Å². The number of aromatic nitrogens is 1. The first-order chi connectivity index (χ1) is 8.25. The largest absolute Gasteiger partial charge is 0.353 e. The standard InChI is InChI=1S/C14H17FN2/c1-17-9-3-6-14(17)11-16-8-7-12-4-2-5-13(15)10-12/h2-6,9-10,16H,7-8,11H2,1H3. The molecular weight excluding hydrogens is 215 g/mol. The van der Waals surface area contributed by atoms with Crippen molar-refractivity contribution < 1.29 is 4.39 Å². The molecule has 2 rings (SSSR count). The minimum atomic E-state index is -0.162. The van der Waals surface area contributed by atoms with Crippen molar-refractivity contribution in [3.05, 3.63) is 59.7 Å². The maximum absolute atomic E-state index is 12.9. The van der Waals surface area contributed by atoms with Gasteiger partial charge in [-0.2, -0.15) is 0 Å². The van der Waals surface area contributed by atoms with Crippen LogP contribution >= 0.6 is 0 Å². The van der Waals surface area contributed by atoms with E-state index in [-0.39, 0.29) is 5.82 Å². The quantitative estimate of drug-likeness (QED) is 0.784. The number of rotatable bonds is 5. The van der Waals surface area contributed by atoms with Crippen molar-refractivity contribution in [1.82, 2.24) is 9.88 Å². The second-order valence-corrected chi connectivity index (χ2v) is 4.17. The van der Waals surface area contributed by atoms with Crippen LogP contribution in [0.25, 0.3) is 0 Å². The molecule has 1 N–H and O–H groups in total. The van der Waals surface area contributed by atoms with Crippen LogP contribution < -0.4 is 5.32 Å². The zero-order valence-corrected chi connectivity index (χ0v) is 9.99. The predicted molar refractivity (Wildman–Crippen MR) is 67.2 cm³/mol.